The number of ether oxygens (including phenoxy) is 1. The standard InChI is InChI=1S/C16H20F3N3O3/c1-2-25-15(24)22-8-6-12(7-9-22)20-14(23)21-13-5-3-4-11(10-13)16(17,18)19/h3-5,10,12H,2,6-9H2,1H3,(H2,20,21,23). The van der Waals surface area contributed by atoms with Crippen LogP contribution in [0.5, 0.6) is 0 Å². The normalized spacial score (nSPS) is 15.6. The highest BCUT2D eigenvalue weighted by Gasteiger charge is 2.30. The van der Waals surface area contributed by atoms with E-state index < -0.39 is 17.8 Å². The summed E-state index contributed by atoms with van der Waals surface area (Å²) in [7, 11) is 0. The van der Waals surface area contributed by atoms with Crippen molar-refractivity contribution in [2.24, 2.45) is 0 Å². The monoisotopic (exact) mass is 359 g/mol. The molecular weight excluding hydrogens is 339 g/mol. The van der Waals surface area contributed by atoms with Crippen LogP contribution in [-0.2, 0) is 10.9 Å². The van der Waals surface area contributed by atoms with Gasteiger partial charge in [0.1, 0.15) is 0 Å². The van der Waals surface area contributed by atoms with Crippen molar-refractivity contribution in [3.63, 3.8) is 0 Å². The fraction of sp³-hybridized carbons (Fsp3) is 0.500. The van der Waals surface area contributed by atoms with Crippen molar-refractivity contribution in [3.8, 4) is 0 Å². The number of benzene rings is 1. The smallest absolute Gasteiger partial charge is 0.416 e. The van der Waals surface area contributed by atoms with Crippen LogP contribution < -0.4 is 10.6 Å². The number of likely N-dealkylation sites (tertiary alicyclic amines) is 1. The number of nitrogens with zero attached hydrogens (tertiary/aromatic N) is 1. The summed E-state index contributed by atoms with van der Waals surface area (Å²) >= 11 is 0. The number of carbonyl (C=O) groups excluding carboxylic acids is 2. The summed E-state index contributed by atoms with van der Waals surface area (Å²) < 4.78 is 42.9. The molecule has 0 aliphatic carbocycles. The van der Waals surface area contributed by atoms with Crippen LogP contribution in [0.25, 0.3) is 0 Å². The molecule has 0 atom stereocenters. The van der Waals surface area contributed by atoms with E-state index in [0.29, 0.717) is 32.5 Å². The molecule has 3 amide bonds. The Bertz CT molecular complexity index is 614. The molecule has 0 bridgehead atoms. The minimum Gasteiger partial charge on any atom is -0.450 e. The molecule has 0 saturated carbocycles. The van der Waals surface area contributed by atoms with Crippen molar-refractivity contribution in [2.75, 3.05) is 25.0 Å². The van der Waals surface area contributed by atoms with Crippen LogP contribution >= 0.6 is 0 Å². The minimum absolute atomic E-state index is 0.0660. The van der Waals surface area contributed by atoms with Gasteiger partial charge in [-0.25, -0.2) is 9.59 Å². The number of amides is 3. The first-order valence-electron chi connectivity index (χ1n) is 7.96. The first-order chi connectivity index (χ1) is 11.8. The zero-order valence-corrected chi connectivity index (χ0v) is 13.7. The molecule has 0 aromatic heterocycles. The third-order valence-corrected chi connectivity index (χ3v) is 3.80. The van der Waals surface area contributed by atoms with Gasteiger partial charge in [-0.3, -0.25) is 0 Å². The number of anilines is 1. The molecule has 0 spiro atoms. The summed E-state index contributed by atoms with van der Waals surface area (Å²) in [4.78, 5) is 25.1. The maximum absolute atomic E-state index is 12.7. The Kier molecular flexibility index (Phi) is 6.11. The van der Waals surface area contributed by atoms with Crippen LogP contribution in [0, 0.1) is 0 Å². The van der Waals surface area contributed by atoms with Crippen LogP contribution in [0.4, 0.5) is 28.4 Å². The molecule has 1 aliphatic heterocycles. The quantitative estimate of drug-likeness (QED) is 0.868. The van der Waals surface area contributed by atoms with Gasteiger partial charge in [-0.15, -0.1) is 0 Å². The van der Waals surface area contributed by atoms with E-state index in [0.717, 1.165) is 12.1 Å². The van der Waals surface area contributed by atoms with Crippen LogP contribution in [0.3, 0.4) is 0 Å². The Morgan fingerprint density at radius 2 is 1.96 bits per heavy atom. The minimum atomic E-state index is -4.46. The Hall–Kier alpha value is -2.45. The molecule has 25 heavy (non-hydrogen) atoms. The maximum atomic E-state index is 12.7. The SMILES string of the molecule is CCOC(=O)N1CCC(NC(=O)Nc2cccc(C(F)(F)F)c2)CC1. The van der Waals surface area contributed by atoms with E-state index in [1.807, 2.05) is 0 Å². The van der Waals surface area contributed by atoms with Gasteiger partial charge in [0.05, 0.1) is 12.2 Å². The number of nitrogens with one attached hydrogen (secondary N) is 2. The van der Waals surface area contributed by atoms with E-state index in [-0.39, 0.29) is 17.8 Å². The van der Waals surface area contributed by atoms with Crippen molar-refractivity contribution in [2.45, 2.75) is 32.0 Å². The number of piperidine rings is 1. The molecule has 1 fully saturated rings. The highest BCUT2D eigenvalue weighted by atomic mass is 19.4. The number of halogens is 3. The topological polar surface area (TPSA) is 70.7 Å². The molecule has 0 unspecified atom stereocenters. The zero-order chi connectivity index (χ0) is 18.4. The van der Waals surface area contributed by atoms with E-state index in [9.17, 15) is 22.8 Å². The second kappa shape index (κ2) is 8.09. The number of rotatable bonds is 3. The van der Waals surface area contributed by atoms with Crippen LogP contribution in [0.15, 0.2) is 24.3 Å². The summed E-state index contributed by atoms with van der Waals surface area (Å²) in [6.45, 7) is 2.93. The average Bonchev–Trinajstić information content (AvgIpc) is 2.55. The molecule has 6 nitrogen and oxygen atoms in total. The highest BCUT2D eigenvalue weighted by molar-refractivity contribution is 5.89. The predicted molar refractivity (Wildman–Crippen MR) is 85.2 cm³/mol. The van der Waals surface area contributed by atoms with Crippen molar-refractivity contribution in [1.82, 2.24) is 10.2 Å². The van der Waals surface area contributed by atoms with Gasteiger partial charge >= 0.3 is 18.3 Å². The second-order valence-electron chi connectivity index (χ2n) is 5.64. The van der Waals surface area contributed by atoms with E-state index in [1.54, 1.807) is 11.8 Å². The Labute approximate surface area is 143 Å². The lowest BCUT2D eigenvalue weighted by Gasteiger charge is -2.31. The number of alkyl halides is 3. The molecular formula is C16H20F3N3O3. The number of urea groups is 1. The molecule has 2 N–H and O–H groups in total. The molecule has 1 aromatic rings. The van der Waals surface area contributed by atoms with Gasteiger partial charge in [0.2, 0.25) is 0 Å². The van der Waals surface area contributed by atoms with Gasteiger partial charge in [0, 0.05) is 24.8 Å². The van der Waals surface area contributed by atoms with Crippen molar-refractivity contribution in [1.29, 1.82) is 0 Å². The van der Waals surface area contributed by atoms with Gasteiger partial charge in [0.15, 0.2) is 0 Å². The van der Waals surface area contributed by atoms with E-state index in [1.165, 1.54) is 12.1 Å². The van der Waals surface area contributed by atoms with Gasteiger partial charge < -0.3 is 20.3 Å². The van der Waals surface area contributed by atoms with Crippen LogP contribution in [-0.4, -0.2) is 42.8 Å². The summed E-state index contributed by atoms with van der Waals surface area (Å²) in [6.07, 6.45) is -3.74. The van der Waals surface area contributed by atoms with Gasteiger partial charge in [0.25, 0.3) is 0 Å². The Morgan fingerprint density at radius 1 is 1.28 bits per heavy atom. The second-order valence-corrected chi connectivity index (χ2v) is 5.64. The lowest BCUT2D eigenvalue weighted by Crippen LogP contribution is -2.47. The average molecular weight is 359 g/mol. The van der Waals surface area contributed by atoms with E-state index >= 15 is 0 Å². The largest absolute Gasteiger partial charge is 0.450 e. The van der Waals surface area contributed by atoms with Crippen LogP contribution in [0.2, 0.25) is 0 Å². The Morgan fingerprint density at radius 3 is 2.56 bits per heavy atom. The lowest BCUT2D eigenvalue weighted by molar-refractivity contribution is -0.137. The molecule has 1 aromatic carbocycles. The first-order valence-corrected chi connectivity index (χ1v) is 7.96. The van der Waals surface area contributed by atoms with Crippen molar-refractivity contribution >= 4 is 17.8 Å². The molecule has 1 aliphatic rings. The zero-order valence-electron chi connectivity index (χ0n) is 13.7. The van der Waals surface area contributed by atoms with E-state index in [2.05, 4.69) is 10.6 Å². The molecule has 2 rings (SSSR count). The third-order valence-electron chi connectivity index (χ3n) is 3.80. The molecule has 0 radical (unpaired) electrons. The summed E-state index contributed by atoms with van der Waals surface area (Å²) in [5.41, 5.74) is -0.760. The fourth-order valence-electron chi connectivity index (χ4n) is 2.55. The van der Waals surface area contributed by atoms with Gasteiger partial charge in [-0.2, -0.15) is 13.2 Å². The highest BCUT2D eigenvalue weighted by Crippen LogP contribution is 2.30. The van der Waals surface area contributed by atoms with Gasteiger partial charge in [-0.1, -0.05) is 6.07 Å². The van der Waals surface area contributed by atoms with E-state index in [4.69, 9.17) is 4.74 Å². The molecule has 138 valence electrons. The van der Waals surface area contributed by atoms with Crippen molar-refractivity contribution < 1.29 is 27.5 Å². The lowest BCUT2D eigenvalue weighted by atomic mass is 10.1. The van der Waals surface area contributed by atoms with Gasteiger partial charge in [-0.05, 0) is 38.0 Å². The number of hydrogen-bond donors (Lipinski definition) is 2. The van der Waals surface area contributed by atoms with Crippen LogP contribution in [0.1, 0.15) is 25.3 Å². The van der Waals surface area contributed by atoms with Crippen molar-refractivity contribution in [3.05, 3.63) is 29.8 Å². The third kappa shape index (κ3) is 5.54. The maximum Gasteiger partial charge on any atom is 0.416 e. The molecule has 1 saturated heterocycles. The molecule has 1 heterocycles. The molecule has 9 heteroatoms. The summed E-state index contributed by atoms with van der Waals surface area (Å²) in [5.74, 6) is 0. The summed E-state index contributed by atoms with van der Waals surface area (Å²) in [5, 5.41) is 5.11. The first kappa shape index (κ1) is 18.9. The number of hydrogen-bond acceptors (Lipinski definition) is 3. The summed E-state index contributed by atoms with van der Waals surface area (Å²) in [6, 6.07) is 3.70. The number of carbonyl (C=O) groups is 2. The fourth-order valence-corrected chi connectivity index (χ4v) is 2.55. The Balaban J connectivity index is 1.83. The predicted octanol–water partition coefficient (Wildman–Crippen LogP) is 3.45.